The van der Waals surface area contributed by atoms with Crippen LogP contribution in [-0.2, 0) is 5.41 Å². The molecule has 49 heavy (non-hydrogen) atoms. The number of hydrogen-bond acceptors (Lipinski definition) is 0. The molecule has 0 radical (unpaired) electrons. The highest BCUT2D eigenvalue weighted by atomic mass is 14.4. The minimum absolute atomic E-state index is 0.102. The summed E-state index contributed by atoms with van der Waals surface area (Å²) < 4.78 is 0. The van der Waals surface area contributed by atoms with Crippen molar-refractivity contribution in [2.75, 3.05) is 0 Å². The monoisotopic (exact) mass is 622 g/mol. The van der Waals surface area contributed by atoms with Gasteiger partial charge in [-0.25, -0.2) is 0 Å². The summed E-state index contributed by atoms with van der Waals surface area (Å²) in [6.45, 7) is 4.76. The van der Waals surface area contributed by atoms with E-state index in [0.29, 0.717) is 0 Å². The van der Waals surface area contributed by atoms with Gasteiger partial charge < -0.3 is 0 Å². The fourth-order valence-electron chi connectivity index (χ4n) is 8.60. The summed E-state index contributed by atoms with van der Waals surface area (Å²) in [5, 5.41) is 10.3. The van der Waals surface area contributed by atoms with Crippen molar-refractivity contribution in [2.45, 2.75) is 19.3 Å². The van der Waals surface area contributed by atoms with Crippen molar-refractivity contribution in [1.82, 2.24) is 0 Å². The highest BCUT2D eigenvalue weighted by Crippen LogP contribution is 2.51. The average Bonchev–Trinajstić information content (AvgIpc) is 3.39. The van der Waals surface area contributed by atoms with Crippen LogP contribution in [0.2, 0.25) is 0 Å². The topological polar surface area (TPSA) is 0 Å². The molecule has 230 valence electrons. The lowest BCUT2D eigenvalue weighted by Crippen LogP contribution is -2.15. The third-order valence-electron chi connectivity index (χ3n) is 11.1. The van der Waals surface area contributed by atoms with Crippen LogP contribution in [0.15, 0.2) is 170 Å². The maximum absolute atomic E-state index is 2.45. The van der Waals surface area contributed by atoms with Gasteiger partial charge >= 0.3 is 0 Å². The van der Waals surface area contributed by atoms with Crippen molar-refractivity contribution in [2.24, 2.45) is 0 Å². The fraction of sp³-hybridized carbons (Fsp3) is 0.0612. The van der Waals surface area contributed by atoms with E-state index in [1.165, 1.54) is 98.7 Å². The molecule has 0 unspecified atom stereocenters. The molecule has 0 fully saturated rings. The second-order valence-corrected chi connectivity index (χ2v) is 14.1. The molecular weight excluding hydrogens is 589 g/mol. The lowest BCUT2D eigenvalue weighted by molar-refractivity contribution is 0.661. The van der Waals surface area contributed by atoms with E-state index in [1.54, 1.807) is 0 Å². The van der Waals surface area contributed by atoms with Gasteiger partial charge in [-0.15, -0.1) is 0 Å². The van der Waals surface area contributed by atoms with E-state index < -0.39 is 0 Å². The number of hydrogen-bond donors (Lipinski definition) is 0. The minimum Gasteiger partial charge on any atom is -0.0622 e. The fourth-order valence-corrected chi connectivity index (χ4v) is 8.60. The molecule has 0 saturated carbocycles. The van der Waals surface area contributed by atoms with Crippen LogP contribution in [0.1, 0.15) is 25.0 Å². The summed E-state index contributed by atoms with van der Waals surface area (Å²) in [6, 6.07) is 63.1. The Morgan fingerprint density at radius 2 is 0.816 bits per heavy atom. The summed E-state index contributed by atoms with van der Waals surface area (Å²) in [6.07, 6.45) is 0. The zero-order valence-corrected chi connectivity index (χ0v) is 27.7. The lowest BCUT2D eigenvalue weighted by atomic mass is 9.80. The Labute approximate surface area is 286 Å². The van der Waals surface area contributed by atoms with E-state index in [-0.39, 0.29) is 5.41 Å². The summed E-state index contributed by atoms with van der Waals surface area (Å²) in [7, 11) is 0. The molecule has 0 amide bonds. The molecule has 1 aliphatic rings. The van der Waals surface area contributed by atoms with E-state index in [4.69, 9.17) is 0 Å². The zero-order chi connectivity index (χ0) is 32.7. The predicted octanol–water partition coefficient (Wildman–Crippen LogP) is 13.6. The number of rotatable bonds is 3. The number of benzene rings is 9. The number of fused-ring (bicyclic) bond motifs is 9. The zero-order valence-electron chi connectivity index (χ0n) is 27.7. The van der Waals surface area contributed by atoms with E-state index in [2.05, 4.69) is 184 Å². The first-order valence-electron chi connectivity index (χ1n) is 17.3. The van der Waals surface area contributed by atoms with Crippen molar-refractivity contribution < 1.29 is 0 Å². The van der Waals surface area contributed by atoms with E-state index in [1.807, 2.05) is 0 Å². The molecule has 9 aromatic carbocycles. The van der Waals surface area contributed by atoms with Gasteiger partial charge in [0, 0.05) is 5.41 Å². The summed E-state index contributed by atoms with van der Waals surface area (Å²) >= 11 is 0. The summed E-state index contributed by atoms with van der Waals surface area (Å²) in [5.74, 6) is 0. The SMILES string of the molecule is CC1(C)c2cc(-c3ccccc3)ccc2-c2ccc(-c3ccc(-c4cc5ccc6ccccc6c5c5ccccc45)c4ccccc34)cc21. The van der Waals surface area contributed by atoms with Crippen molar-refractivity contribution in [3.8, 4) is 44.5 Å². The second kappa shape index (κ2) is 10.5. The van der Waals surface area contributed by atoms with Crippen molar-refractivity contribution in [3.05, 3.63) is 181 Å². The molecule has 10 rings (SSSR count). The highest BCUT2D eigenvalue weighted by Gasteiger charge is 2.36. The van der Waals surface area contributed by atoms with Crippen LogP contribution >= 0.6 is 0 Å². The van der Waals surface area contributed by atoms with Gasteiger partial charge in [0.05, 0.1) is 0 Å². The van der Waals surface area contributed by atoms with Crippen LogP contribution in [0.25, 0.3) is 87.6 Å². The van der Waals surface area contributed by atoms with Gasteiger partial charge in [-0.1, -0.05) is 166 Å². The lowest BCUT2D eigenvalue weighted by Gasteiger charge is -2.23. The van der Waals surface area contributed by atoms with E-state index in [0.717, 1.165) is 0 Å². The maximum Gasteiger partial charge on any atom is 0.0159 e. The average molecular weight is 623 g/mol. The predicted molar refractivity (Wildman–Crippen MR) is 210 cm³/mol. The van der Waals surface area contributed by atoms with Crippen LogP contribution in [0.5, 0.6) is 0 Å². The molecule has 0 aliphatic heterocycles. The third kappa shape index (κ3) is 4.17. The molecular formula is C49H34. The Hall–Kier alpha value is -5.98. The van der Waals surface area contributed by atoms with Crippen LogP contribution < -0.4 is 0 Å². The molecule has 0 atom stereocenters. The molecule has 9 aromatic rings. The Morgan fingerprint density at radius 1 is 0.306 bits per heavy atom. The smallest absolute Gasteiger partial charge is 0.0159 e. The maximum atomic E-state index is 2.45. The molecule has 0 bridgehead atoms. The quantitative estimate of drug-likeness (QED) is 0.172. The van der Waals surface area contributed by atoms with Crippen molar-refractivity contribution in [3.63, 3.8) is 0 Å². The van der Waals surface area contributed by atoms with Gasteiger partial charge in [0.25, 0.3) is 0 Å². The molecule has 0 spiro atoms. The first-order valence-corrected chi connectivity index (χ1v) is 17.3. The molecule has 0 N–H and O–H groups in total. The van der Waals surface area contributed by atoms with Gasteiger partial charge in [0.15, 0.2) is 0 Å². The standard InChI is InChI=1S/C49H34/c1-49(2)46-29-33(31-12-4-3-5-13-31)22-24-42(46)43-25-23-34(30-47(43)49)36-26-27-41(39-17-9-8-16-38(36)39)45-28-35-21-20-32-14-6-7-15-37(32)48(35)44-19-11-10-18-40(44)45/h3-30H,1-2H3. The van der Waals surface area contributed by atoms with Crippen LogP contribution in [0, 0.1) is 0 Å². The minimum atomic E-state index is -0.102. The largest absolute Gasteiger partial charge is 0.0622 e. The molecule has 0 nitrogen and oxygen atoms in total. The summed E-state index contributed by atoms with van der Waals surface area (Å²) in [5.41, 5.74) is 13.0. The van der Waals surface area contributed by atoms with Gasteiger partial charge in [-0.05, 0) is 117 Å². The van der Waals surface area contributed by atoms with E-state index >= 15 is 0 Å². The van der Waals surface area contributed by atoms with Crippen LogP contribution in [-0.4, -0.2) is 0 Å². The van der Waals surface area contributed by atoms with Crippen LogP contribution in [0.3, 0.4) is 0 Å². The Morgan fingerprint density at radius 3 is 1.55 bits per heavy atom. The third-order valence-corrected chi connectivity index (χ3v) is 11.1. The van der Waals surface area contributed by atoms with Gasteiger partial charge in [0.2, 0.25) is 0 Å². The van der Waals surface area contributed by atoms with Gasteiger partial charge in [-0.3, -0.25) is 0 Å². The second-order valence-electron chi connectivity index (χ2n) is 14.1. The normalized spacial score (nSPS) is 13.3. The van der Waals surface area contributed by atoms with Gasteiger partial charge in [-0.2, -0.15) is 0 Å². The first-order chi connectivity index (χ1) is 24.1. The van der Waals surface area contributed by atoms with Gasteiger partial charge in [0.1, 0.15) is 0 Å². The van der Waals surface area contributed by atoms with Crippen molar-refractivity contribution in [1.29, 1.82) is 0 Å². The molecule has 0 saturated heterocycles. The highest BCUT2D eigenvalue weighted by molar-refractivity contribution is 6.24. The van der Waals surface area contributed by atoms with E-state index in [9.17, 15) is 0 Å². The van der Waals surface area contributed by atoms with Crippen LogP contribution in [0.4, 0.5) is 0 Å². The molecule has 0 aromatic heterocycles. The summed E-state index contributed by atoms with van der Waals surface area (Å²) in [4.78, 5) is 0. The molecule has 1 aliphatic carbocycles. The first kappa shape index (κ1) is 28.1. The Bertz CT molecular complexity index is 2780. The Balaban J connectivity index is 1.14. The Kier molecular flexibility index (Phi) is 6.02. The van der Waals surface area contributed by atoms with Crippen molar-refractivity contribution >= 4 is 43.1 Å². The molecule has 0 heteroatoms. The molecule has 0 heterocycles.